The van der Waals surface area contributed by atoms with Crippen LogP contribution in [0.2, 0.25) is 0 Å². The van der Waals surface area contributed by atoms with Gasteiger partial charge in [0.2, 0.25) is 0 Å². The fourth-order valence-corrected chi connectivity index (χ4v) is 2.21. The lowest BCUT2D eigenvalue weighted by Crippen LogP contribution is -2.34. The quantitative estimate of drug-likeness (QED) is 0.460. The van der Waals surface area contributed by atoms with E-state index in [9.17, 15) is 14.9 Å². The first kappa shape index (κ1) is 18.3. The molecule has 0 saturated carbocycles. The topological polar surface area (TPSA) is 111 Å². The highest BCUT2D eigenvalue weighted by molar-refractivity contribution is 7.80. The number of aromatic nitrogens is 2. The highest BCUT2D eigenvalue weighted by Crippen LogP contribution is 2.29. The first-order valence-electron chi connectivity index (χ1n) is 7.50. The van der Waals surface area contributed by atoms with E-state index in [0.717, 1.165) is 0 Å². The number of aryl methyl sites for hydroxylation is 1. The molecule has 1 heterocycles. The summed E-state index contributed by atoms with van der Waals surface area (Å²) in [5.74, 6) is -0.0764. The molecule has 0 atom stereocenters. The molecule has 0 aliphatic carbocycles. The van der Waals surface area contributed by atoms with Crippen molar-refractivity contribution in [2.45, 2.75) is 20.4 Å². The zero-order chi connectivity index (χ0) is 18.4. The Morgan fingerprint density at radius 2 is 2.20 bits per heavy atom. The molecule has 0 saturated heterocycles. The van der Waals surface area contributed by atoms with Gasteiger partial charge in [0.05, 0.1) is 29.4 Å². The lowest BCUT2D eigenvalue weighted by Gasteiger charge is -2.10. The molecule has 132 valence electrons. The monoisotopic (exact) mass is 363 g/mol. The van der Waals surface area contributed by atoms with Crippen molar-refractivity contribution in [1.82, 2.24) is 15.1 Å². The van der Waals surface area contributed by atoms with Crippen molar-refractivity contribution in [1.29, 1.82) is 0 Å². The van der Waals surface area contributed by atoms with Crippen molar-refractivity contribution in [3.8, 4) is 5.75 Å². The van der Waals surface area contributed by atoms with E-state index in [1.807, 2.05) is 6.92 Å². The minimum Gasteiger partial charge on any atom is -0.494 e. The number of hydrogen-bond donors (Lipinski definition) is 2. The third-order valence-corrected chi connectivity index (χ3v) is 3.38. The Labute approximate surface area is 149 Å². The summed E-state index contributed by atoms with van der Waals surface area (Å²) in [6, 6.07) is 4.34. The number of nitrogens with one attached hydrogen (secondary N) is 2. The summed E-state index contributed by atoms with van der Waals surface area (Å²) >= 11 is 5.05. The number of ether oxygens (including phenoxy) is 1. The molecule has 2 N–H and O–H groups in total. The number of hydrogen-bond acceptors (Lipinski definition) is 6. The van der Waals surface area contributed by atoms with Crippen molar-refractivity contribution >= 4 is 34.6 Å². The number of amides is 1. The Morgan fingerprint density at radius 3 is 2.80 bits per heavy atom. The van der Waals surface area contributed by atoms with Gasteiger partial charge in [0.15, 0.2) is 5.11 Å². The molecule has 0 spiro atoms. The SMILES string of the molecule is CCOc1ccc(NC(=S)NC(=O)c2cnn(CC)c2)c([N+](=O)[O-])c1. The number of thiocarbonyl (C=S) groups is 1. The molecule has 0 aliphatic heterocycles. The molecular formula is C15H17N5O4S. The van der Waals surface area contributed by atoms with Crippen LogP contribution in [0.25, 0.3) is 0 Å². The van der Waals surface area contributed by atoms with Gasteiger partial charge in [0.1, 0.15) is 11.4 Å². The van der Waals surface area contributed by atoms with Gasteiger partial charge in [-0.1, -0.05) is 0 Å². The van der Waals surface area contributed by atoms with Crippen molar-refractivity contribution < 1.29 is 14.5 Å². The van der Waals surface area contributed by atoms with E-state index < -0.39 is 10.8 Å². The van der Waals surface area contributed by atoms with E-state index in [4.69, 9.17) is 17.0 Å². The first-order valence-corrected chi connectivity index (χ1v) is 7.91. The predicted octanol–water partition coefficient (Wildman–Crippen LogP) is 2.34. The normalized spacial score (nSPS) is 10.2. The molecule has 0 bridgehead atoms. The van der Waals surface area contributed by atoms with Crippen LogP contribution in [0.3, 0.4) is 0 Å². The number of carbonyl (C=O) groups is 1. The van der Waals surface area contributed by atoms with Crippen molar-refractivity contribution in [3.63, 3.8) is 0 Å². The zero-order valence-corrected chi connectivity index (χ0v) is 14.5. The molecule has 0 fully saturated rings. The Bertz CT molecular complexity index is 805. The van der Waals surface area contributed by atoms with Gasteiger partial charge in [0, 0.05) is 12.7 Å². The van der Waals surface area contributed by atoms with E-state index in [0.29, 0.717) is 24.5 Å². The van der Waals surface area contributed by atoms with Crippen molar-refractivity contribution in [2.75, 3.05) is 11.9 Å². The van der Waals surface area contributed by atoms with Crippen LogP contribution in [0.1, 0.15) is 24.2 Å². The molecule has 10 heteroatoms. The summed E-state index contributed by atoms with van der Waals surface area (Å²) in [6.07, 6.45) is 3.00. The van der Waals surface area contributed by atoms with Crippen LogP contribution in [-0.2, 0) is 6.54 Å². The van der Waals surface area contributed by atoms with E-state index in [1.165, 1.54) is 18.3 Å². The van der Waals surface area contributed by atoms with E-state index in [2.05, 4.69) is 15.7 Å². The van der Waals surface area contributed by atoms with Gasteiger partial charge in [-0.3, -0.25) is 24.9 Å². The van der Waals surface area contributed by atoms with Gasteiger partial charge in [-0.25, -0.2) is 0 Å². The molecule has 25 heavy (non-hydrogen) atoms. The van der Waals surface area contributed by atoms with Crippen LogP contribution in [0.5, 0.6) is 5.75 Å². The molecule has 1 aromatic heterocycles. The number of carbonyl (C=O) groups excluding carboxylic acids is 1. The highest BCUT2D eigenvalue weighted by atomic mass is 32.1. The van der Waals surface area contributed by atoms with Crippen LogP contribution >= 0.6 is 12.2 Å². The van der Waals surface area contributed by atoms with Crippen LogP contribution in [0.15, 0.2) is 30.6 Å². The number of anilines is 1. The van der Waals surface area contributed by atoms with Crippen molar-refractivity contribution in [2.24, 2.45) is 0 Å². The van der Waals surface area contributed by atoms with Gasteiger partial charge in [-0.2, -0.15) is 5.10 Å². The van der Waals surface area contributed by atoms with E-state index in [-0.39, 0.29) is 16.5 Å². The lowest BCUT2D eigenvalue weighted by atomic mass is 10.2. The molecule has 2 aromatic rings. The predicted molar refractivity (Wildman–Crippen MR) is 95.9 cm³/mol. The second-order valence-corrected chi connectivity index (χ2v) is 5.27. The van der Waals surface area contributed by atoms with E-state index >= 15 is 0 Å². The smallest absolute Gasteiger partial charge is 0.296 e. The van der Waals surface area contributed by atoms with Crippen LogP contribution in [0.4, 0.5) is 11.4 Å². The number of nitro benzene ring substituents is 1. The molecule has 0 unspecified atom stereocenters. The Balaban J connectivity index is 2.09. The molecule has 9 nitrogen and oxygen atoms in total. The first-order chi connectivity index (χ1) is 11.9. The molecule has 1 amide bonds. The van der Waals surface area contributed by atoms with Crippen molar-refractivity contribution in [3.05, 3.63) is 46.3 Å². The summed E-state index contributed by atoms with van der Waals surface area (Å²) in [4.78, 5) is 22.7. The van der Waals surface area contributed by atoms with Gasteiger partial charge in [-0.15, -0.1) is 0 Å². The van der Waals surface area contributed by atoms with Gasteiger partial charge >= 0.3 is 0 Å². The minimum absolute atomic E-state index is 0.0542. The minimum atomic E-state index is -0.555. The maximum absolute atomic E-state index is 12.1. The molecule has 0 aliphatic rings. The summed E-state index contributed by atoms with van der Waals surface area (Å²) in [5.41, 5.74) is 0.288. The molecular weight excluding hydrogens is 346 g/mol. The Kier molecular flexibility index (Phi) is 6.01. The highest BCUT2D eigenvalue weighted by Gasteiger charge is 2.17. The maximum Gasteiger partial charge on any atom is 0.296 e. The maximum atomic E-state index is 12.1. The van der Waals surface area contributed by atoms with Gasteiger partial charge < -0.3 is 10.1 Å². The largest absolute Gasteiger partial charge is 0.494 e. The number of nitro groups is 1. The second-order valence-electron chi connectivity index (χ2n) is 4.86. The Hall–Kier alpha value is -3.01. The number of benzene rings is 1. The molecule has 2 rings (SSSR count). The number of rotatable bonds is 6. The zero-order valence-electron chi connectivity index (χ0n) is 13.7. The van der Waals surface area contributed by atoms with Crippen LogP contribution in [-0.4, -0.2) is 32.3 Å². The van der Waals surface area contributed by atoms with Gasteiger partial charge in [0.25, 0.3) is 11.6 Å². The van der Waals surface area contributed by atoms with E-state index in [1.54, 1.807) is 23.9 Å². The summed E-state index contributed by atoms with van der Waals surface area (Å²) in [5, 5.41) is 20.3. The fourth-order valence-electron chi connectivity index (χ4n) is 2.01. The Morgan fingerprint density at radius 1 is 1.44 bits per heavy atom. The average molecular weight is 363 g/mol. The van der Waals surface area contributed by atoms with Gasteiger partial charge in [-0.05, 0) is 38.2 Å². The molecule has 1 aromatic carbocycles. The molecule has 0 radical (unpaired) electrons. The third kappa shape index (κ3) is 4.73. The second kappa shape index (κ2) is 8.20. The van der Waals surface area contributed by atoms with Crippen LogP contribution < -0.4 is 15.4 Å². The average Bonchev–Trinajstić information content (AvgIpc) is 3.05. The summed E-state index contributed by atoms with van der Waals surface area (Å²) < 4.78 is 6.85. The summed E-state index contributed by atoms with van der Waals surface area (Å²) in [6.45, 7) is 4.70. The summed E-state index contributed by atoms with van der Waals surface area (Å²) in [7, 11) is 0. The lowest BCUT2D eigenvalue weighted by molar-refractivity contribution is -0.384. The third-order valence-electron chi connectivity index (χ3n) is 3.17. The van der Waals surface area contributed by atoms with Crippen LogP contribution in [0, 0.1) is 10.1 Å². The standard InChI is InChI=1S/C15H17N5O4S/c1-3-19-9-10(8-16-19)14(21)18-15(25)17-12-6-5-11(24-4-2)7-13(12)20(22)23/h5-9H,3-4H2,1-2H3,(H2,17,18,21,25). The fraction of sp³-hybridized carbons (Fsp3) is 0.267. The number of nitrogens with zero attached hydrogens (tertiary/aromatic N) is 3.